The first kappa shape index (κ1) is 27.8. The van der Waals surface area contributed by atoms with Crippen LogP contribution in [0.2, 0.25) is 0 Å². The van der Waals surface area contributed by atoms with E-state index in [-0.39, 0.29) is 17.3 Å². The summed E-state index contributed by atoms with van der Waals surface area (Å²) in [6, 6.07) is 10.0. The van der Waals surface area contributed by atoms with Gasteiger partial charge >= 0.3 is 5.97 Å². The zero-order valence-corrected chi connectivity index (χ0v) is 22.3. The van der Waals surface area contributed by atoms with Gasteiger partial charge in [0.25, 0.3) is 0 Å². The molecular weight excluding hydrogens is 446 g/mol. The van der Waals surface area contributed by atoms with E-state index in [0.717, 1.165) is 68.9 Å². The fraction of sp³-hybridized carbons (Fsp3) is 0.613. The summed E-state index contributed by atoms with van der Waals surface area (Å²) in [5.74, 6) is 0.915. The number of unbranched alkanes of at least 4 members (excludes halogenated alkanes) is 7. The highest BCUT2D eigenvalue weighted by atomic mass is 16.5. The number of aryl methyl sites for hydroxylation is 1. The summed E-state index contributed by atoms with van der Waals surface area (Å²) < 4.78 is 5.69. The zero-order chi connectivity index (χ0) is 25.6. The predicted octanol–water partition coefficient (Wildman–Crippen LogP) is 8.23. The lowest BCUT2D eigenvalue weighted by Gasteiger charge is -2.34. The van der Waals surface area contributed by atoms with Crippen molar-refractivity contribution in [2.24, 2.45) is 11.3 Å². The molecular formula is C31H43N3O2. The summed E-state index contributed by atoms with van der Waals surface area (Å²) in [5.41, 5.74) is 1.80. The molecule has 0 atom stereocenters. The molecule has 1 aliphatic rings. The van der Waals surface area contributed by atoms with Crippen LogP contribution >= 0.6 is 0 Å². The van der Waals surface area contributed by atoms with E-state index in [1.54, 1.807) is 0 Å². The number of benzene rings is 1. The molecule has 1 aromatic carbocycles. The maximum absolute atomic E-state index is 12.8. The maximum atomic E-state index is 12.8. The first-order chi connectivity index (χ1) is 17.6. The summed E-state index contributed by atoms with van der Waals surface area (Å²) in [6.45, 7) is 4.41. The number of aromatic nitrogens is 2. The van der Waals surface area contributed by atoms with Gasteiger partial charge in [-0.15, -0.1) is 0 Å². The minimum Gasteiger partial charge on any atom is -0.426 e. The SMILES string of the molecule is CCCCCCCCC[C@]1(C#N)CC[C@H](C(=O)Oc2ccc(-c3ncc(CCCC)cn3)cc2)CC1. The maximum Gasteiger partial charge on any atom is 0.314 e. The van der Waals surface area contributed by atoms with E-state index >= 15 is 0 Å². The van der Waals surface area contributed by atoms with Crippen molar-refractivity contribution in [2.75, 3.05) is 0 Å². The summed E-state index contributed by atoms with van der Waals surface area (Å²) in [5, 5.41) is 9.87. The van der Waals surface area contributed by atoms with E-state index in [0.29, 0.717) is 11.6 Å². The van der Waals surface area contributed by atoms with Crippen LogP contribution in [0.1, 0.15) is 109 Å². The van der Waals surface area contributed by atoms with Gasteiger partial charge in [0.2, 0.25) is 0 Å². The molecule has 0 amide bonds. The summed E-state index contributed by atoms with van der Waals surface area (Å²) in [6.07, 6.45) is 19.9. The number of hydrogen-bond donors (Lipinski definition) is 0. The molecule has 36 heavy (non-hydrogen) atoms. The second kappa shape index (κ2) is 14.7. The molecule has 0 unspecified atom stereocenters. The third-order valence-electron chi connectivity index (χ3n) is 7.63. The molecule has 2 aromatic rings. The van der Waals surface area contributed by atoms with Crippen LogP contribution in [0.15, 0.2) is 36.7 Å². The van der Waals surface area contributed by atoms with E-state index in [2.05, 4.69) is 29.9 Å². The standard InChI is InChI=1S/C31H43N3O2/c1-3-5-7-8-9-10-11-19-31(24-32)20-17-27(18-21-31)30(35)36-28-15-13-26(14-16-28)29-33-22-25(23-34-29)12-6-4-2/h13-16,22-23,27H,3-12,17-21H2,1-2H3/t27-,31-. The molecule has 0 radical (unpaired) electrons. The minimum atomic E-state index is -0.256. The first-order valence-corrected chi connectivity index (χ1v) is 14.1. The van der Waals surface area contributed by atoms with E-state index in [1.807, 2.05) is 36.7 Å². The molecule has 5 heteroatoms. The van der Waals surface area contributed by atoms with Crippen molar-refractivity contribution in [1.29, 1.82) is 5.26 Å². The van der Waals surface area contributed by atoms with Crippen molar-refractivity contribution in [2.45, 2.75) is 110 Å². The molecule has 0 N–H and O–H groups in total. The quantitative estimate of drug-likeness (QED) is 0.152. The Labute approximate surface area is 217 Å². The highest BCUT2D eigenvalue weighted by Gasteiger charge is 2.37. The van der Waals surface area contributed by atoms with E-state index in [9.17, 15) is 10.1 Å². The average Bonchev–Trinajstić information content (AvgIpc) is 2.92. The van der Waals surface area contributed by atoms with Gasteiger partial charge in [-0.2, -0.15) is 5.26 Å². The van der Waals surface area contributed by atoms with Crippen molar-refractivity contribution in [3.8, 4) is 23.2 Å². The highest BCUT2D eigenvalue weighted by Crippen LogP contribution is 2.43. The molecule has 3 rings (SSSR count). The second-order valence-electron chi connectivity index (χ2n) is 10.5. The first-order valence-electron chi connectivity index (χ1n) is 14.1. The van der Waals surface area contributed by atoms with Crippen LogP contribution in [0.3, 0.4) is 0 Å². The molecule has 1 fully saturated rings. The van der Waals surface area contributed by atoms with Crippen LogP contribution in [0.4, 0.5) is 0 Å². The smallest absolute Gasteiger partial charge is 0.314 e. The number of ether oxygens (including phenoxy) is 1. The summed E-state index contributed by atoms with van der Waals surface area (Å²) in [7, 11) is 0. The Hall–Kier alpha value is -2.74. The number of rotatable bonds is 14. The van der Waals surface area contributed by atoms with Crippen LogP contribution < -0.4 is 4.74 Å². The number of hydrogen-bond acceptors (Lipinski definition) is 5. The van der Waals surface area contributed by atoms with Gasteiger partial charge in [0.1, 0.15) is 5.75 Å². The van der Waals surface area contributed by atoms with Crippen molar-refractivity contribution in [1.82, 2.24) is 9.97 Å². The molecule has 1 saturated carbocycles. The molecule has 1 aromatic heterocycles. The lowest BCUT2D eigenvalue weighted by atomic mass is 9.69. The molecule has 0 bridgehead atoms. The largest absolute Gasteiger partial charge is 0.426 e. The third kappa shape index (κ3) is 8.43. The summed E-state index contributed by atoms with van der Waals surface area (Å²) >= 11 is 0. The summed E-state index contributed by atoms with van der Waals surface area (Å²) in [4.78, 5) is 21.8. The van der Waals surface area contributed by atoms with Crippen LogP contribution in [-0.2, 0) is 11.2 Å². The average molecular weight is 490 g/mol. The molecule has 0 aliphatic heterocycles. The van der Waals surface area contributed by atoms with Crippen LogP contribution in [0, 0.1) is 22.7 Å². The molecule has 0 saturated heterocycles. The normalized spacial score (nSPS) is 19.5. The zero-order valence-electron chi connectivity index (χ0n) is 22.3. The Kier molecular flexibility index (Phi) is 11.4. The molecule has 1 aliphatic carbocycles. The van der Waals surface area contributed by atoms with Gasteiger partial charge < -0.3 is 4.74 Å². The number of carbonyl (C=O) groups is 1. The van der Waals surface area contributed by atoms with E-state index in [4.69, 9.17) is 4.74 Å². The Bertz CT molecular complexity index is 955. The van der Waals surface area contributed by atoms with Gasteiger partial charge in [0, 0.05) is 18.0 Å². The Morgan fingerprint density at radius 2 is 1.56 bits per heavy atom. The predicted molar refractivity (Wildman–Crippen MR) is 144 cm³/mol. The van der Waals surface area contributed by atoms with Gasteiger partial charge in [-0.05, 0) is 74.8 Å². The fourth-order valence-electron chi connectivity index (χ4n) is 5.13. The Balaban J connectivity index is 1.43. The molecule has 0 spiro atoms. The second-order valence-corrected chi connectivity index (χ2v) is 10.5. The lowest BCUT2D eigenvalue weighted by molar-refractivity contribution is -0.140. The van der Waals surface area contributed by atoms with Crippen LogP contribution in [0.5, 0.6) is 5.75 Å². The van der Waals surface area contributed by atoms with E-state index in [1.165, 1.54) is 38.5 Å². The monoisotopic (exact) mass is 489 g/mol. The van der Waals surface area contributed by atoms with Gasteiger partial charge in [0.15, 0.2) is 5.82 Å². The Morgan fingerprint density at radius 3 is 2.17 bits per heavy atom. The van der Waals surface area contributed by atoms with Crippen molar-refractivity contribution >= 4 is 5.97 Å². The number of nitrogens with zero attached hydrogens (tertiary/aromatic N) is 3. The number of carbonyl (C=O) groups excluding carboxylic acids is 1. The molecule has 1 heterocycles. The number of nitriles is 1. The molecule has 194 valence electrons. The van der Waals surface area contributed by atoms with Crippen molar-refractivity contribution in [3.05, 3.63) is 42.2 Å². The van der Waals surface area contributed by atoms with Gasteiger partial charge in [-0.25, -0.2) is 9.97 Å². The van der Waals surface area contributed by atoms with Gasteiger partial charge in [0.05, 0.1) is 17.4 Å². The van der Waals surface area contributed by atoms with Crippen molar-refractivity contribution in [3.63, 3.8) is 0 Å². The van der Waals surface area contributed by atoms with Crippen LogP contribution in [0.25, 0.3) is 11.4 Å². The van der Waals surface area contributed by atoms with Crippen LogP contribution in [-0.4, -0.2) is 15.9 Å². The lowest BCUT2D eigenvalue weighted by Crippen LogP contribution is -2.31. The number of esters is 1. The van der Waals surface area contributed by atoms with Crippen molar-refractivity contribution < 1.29 is 9.53 Å². The highest BCUT2D eigenvalue weighted by molar-refractivity contribution is 5.75. The third-order valence-corrected chi connectivity index (χ3v) is 7.63. The minimum absolute atomic E-state index is 0.126. The topological polar surface area (TPSA) is 75.9 Å². The van der Waals surface area contributed by atoms with Gasteiger partial charge in [-0.3, -0.25) is 4.79 Å². The van der Waals surface area contributed by atoms with Gasteiger partial charge in [-0.1, -0.05) is 65.2 Å². The molecule has 5 nitrogen and oxygen atoms in total. The van der Waals surface area contributed by atoms with E-state index < -0.39 is 0 Å². The fourth-order valence-corrected chi connectivity index (χ4v) is 5.13. The Morgan fingerprint density at radius 1 is 0.944 bits per heavy atom.